The fourth-order valence-corrected chi connectivity index (χ4v) is 6.05. The van der Waals surface area contributed by atoms with E-state index in [0.717, 1.165) is 37.7 Å². The molecule has 0 radical (unpaired) electrons. The molecule has 3 bridgehead atoms. The number of nitrogens with one attached hydrogen (secondary N) is 1. The van der Waals surface area contributed by atoms with Crippen molar-refractivity contribution >= 4 is 17.5 Å². The minimum atomic E-state index is -0.494. The van der Waals surface area contributed by atoms with Gasteiger partial charge in [-0.25, -0.2) is 4.98 Å². The number of pyridine rings is 1. The maximum absolute atomic E-state index is 13.0. The fourth-order valence-electron chi connectivity index (χ4n) is 5.94. The predicted octanol–water partition coefficient (Wildman–Crippen LogP) is 4.37. The molecule has 1 amide bonds. The van der Waals surface area contributed by atoms with Gasteiger partial charge in [0.25, 0.3) is 5.91 Å². The Hall–Kier alpha value is -2.11. The van der Waals surface area contributed by atoms with Crippen LogP contribution in [0.3, 0.4) is 0 Å². The monoisotopic (exact) mass is 426 g/mol. The van der Waals surface area contributed by atoms with Crippen LogP contribution in [0.1, 0.15) is 54.4 Å². The number of halogens is 1. The van der Waals surface area contributed by atoms with Crippen LogP contribution in [0.2, 0.25) is 5.15 Å². The van der Waals surface area contributed by atoms with Crippen molar-refractivity contribution in [3.8, 4) is 5.75 Å². The number of aliphatic hydroxyl groups is 1. The highest BCUT2D eigenvalue weighted by Gasteiger charge is 2.53. The number of aromatic nitrogens is 1. The Morgan fingerprint density at radius 1 is 1.23 bits per heavy atom. The van der Waals surface area contributed by atoms with Crippen LogP contribution in [0.25, 0.3) is 0 Å². The molecular weight excluding hydrogens is 400 g/mol. The van der Waals surface area contributed by atoms with E-state index in [1.54, 1.807) is 18.3 Å². The van der Waals surface area contributed by atoms with Gasteiger partial charge in [0.1, 0.15) is 17.5 Å². The van der Waals surface area contributed by atoms with Crippen molar-refractivity contribution in [3.63, 3.8) is 0 Å². The molecule has 6 heteroatoms. The van der Waals surface area contributed by atoms with Crippen LogP contribution >= 0.6 is 11.6 Å². The number of rotatable bonds is 5. The molecule has 5 unspecified atom stereocenters. The third kappa shape index (κ3) is 4.06. The molecule has 1 aromatic carbocycles. The molecule has 1 heterocycles. The fraction of sp³-hybridized carbons (Fsp3) is 0.500. The van der Waals surface area contributed by atoms with Gasteiger partial charge in [0, 0.05) is 23.4 Å². The van der Waals surface area contributed by atoms with E-state index in [9.17, 15) is 9.90 Å². The molecule has 5 atom stereocenters. The lowest BCUT2D eigenvalue weighted by atomic mass is 9.77. The molecule has 30 heavy (non-hydrogen) atoms. The molecule has 3 aliphatic carbocycles. The number of amides is 1. The van der Waals surface area contributed by atoms with E-state index < -0.39 is 5.60 Å². The predicted molar refractivity (Wildman–Crippen MR) is 114 cm³/mol. The van der Waals surface area contributed by atoms with E-state index in [1.807, 2.05) is 24.3 Å². The maximum Gasteiger partial charge on any atom is 0.251 e. The standard InChI is InChI=1S/C24H27ClN2O3/c25-22-7-5-16(13-26-22)14-30-19-3-1-2-17(9-19)23(28)27-21-6-4-15-8-18-11-24(29,10-15)12-20(18)21/h1-3,5,7,9,13,15,18,20-21,29H,4,6,8,10-12,14H2,(H,27,28). The number of carbonyl (C=O) groups is 1. The number of ether oxygens (including phenoxy) is 1. The van der Waals surface area contributed by atoms with Crippen molar-refractivity contribution in [1.29, 1.82) is 0 Å². The Morgan fingerprint density at radius 3 is 2.97 bits per heavy atom. The minimum Gasteiger partial charge on any atom is -0.489 e. The number of fused-ring (bicyclic) bond motifs is 2. The molecule has 2 N–H and O–H groups in total. The van der Waals surface area contributed by atoms with Gasteiger partial charge >= 0.3 is 0 Å². The average molecular weight is 427 g/mol. The SMILES string of the molecule is O=C(NC1CCC2CC3CC(O)(C2)CC31)c1cccc(OCc2ccc(Cl)nc2)c1. The minimum absolute atomic E-state index is 0.0631. The van der Waals surface area contributed by atoms with Gasteiger partial charge in [-0.15, -0.1) is 0 Å². The quantitative estimate of drug-likeness (QED) is 0.696. The van der Waals surface area contributed by atoms with Crippen molar-refractivity contribution in [1.82, 2.24) is 10.3 Å². The zero-order chi connectivity index (χ0) is 20.7. The van der Waals surface area contributed by atoms with Crippen LogP contribution in [0.4, 0.5) is 0 Å². The summed E-state index contributed by atoms with van der Waals surface area (Å²) in [6.07, 6.45) is 7.68. The van der Waals surface area contributed by atoms with E-state index in [2.05, 4.69) is 10.3 Å². The summed E-state index contributed by atoms with van der Waals surface area (Å²) in [6.45, 7) is 0.363. The van der Waals surface area contributed by atoms with Gasteiger partial charge in [-0.1, -0.05) is 23.7 Å². The Kier molecular flexibility index (Phi) is 5.19. The smallest absolute Gasteiger partial charge is 0.251 e. The number of nitrogens with zero attached hydrogens (tertiary/aromatic N) is 1. The second-order valence-corrected chi connectivity index (χ2v) is 9.71. The molecule has 3 fully saturated rings. The molecule has 3 saturated carbocycles. The first-order valence-corrected chi connectivity index (χ1v) is 11.2. The molecule has 5 nitrogen and oxygen atoms in total. The first-order chi connectivity index (χ1) is 14.5. The van der Waals surface area contributed by atoms with Crippen LogP contribution in [-0.4, -0.2) is 27.6 Å². The Labute approximate surface area is 181 Å². The van der Waals surface area contributed by atoms with E-state index in [-0.39, 0.29) is 11.9 Å². The first kappa shape index (κ1) is 19.8. The number of carbonyl (C=O) groups excluding carboxylic acids is 1. The van der Waals surface area contributed by atoms with Crippen molar-refractivity contribution < 1.29 is 14.6 Å². The molecule has 1 aromatic heterocycles. The van der Waals surface area contributed by atoms with E-state index in [1.165, 1.54) is 6.42 Å². The lowest BCUT2D eigenvalue weighted by molar-refractivity contribution is -0.00594. The highest BCUT2D eigenvalue weighted by atomic mass is 35.5. The van der Waals surface area contributed by atoms with Gasteiger partial charge in [-0.05, 0) is 80.5 Å². The van der Waals surface area contributed by atoms with E-state index in [0.29, 0.717) is 40.8 Å². The highest BCUT2D eigenvalue weighted by molar-refractivity contribution is 6.29. The van der Waals surface area contributed by atoms with Crippen LogP contribution in [-0.2, 0) is 6.61 Å². The van der Waals surface area contributed by atoms with Crippen LogP contribution < -0.4 is 10.1 Å². The lowest BCUT2D eigenvalue weighted by Crippen LogP contribution is -2.41. The van der Waals surface area contributed by atoms with Crippen molar-refractivity contribution in [3.05, 3.63) is 58.9 Å². The highest BCUT2D eigenvalue weighted by Crippen LogP contribution is 2.55. The second kappa shape index (κ2) is 7.86. The molecule has 158 valence electrons. The molecule has 2 aromatic rings. The van der Waals surface area contributed by atoms with Crippen molar-refractivity contribution in [2.24, 2.45) is 17.8 Å². The molecule has 3 aliphatic rings. The topological polar surface area (TPSA) is 71.5 Å². The van der Waals surface area contributed by atoms with Crippen LogP contribution in [0, 0.1) is 17.8 Å². The Bertz CT molecular complexity index is 934. The zero-order valence-electron chi connectivity index (χ0n) is 16.9. The Balaban J connectivity index is 1.24. The van der Waals surface area contributed by atoms with E-state index >= 15 is 0 Å². The summed E-state index contributed by atoms with van der Waals surface area (Å²) < 4.78 is 5.84. The van der Waals surface area contributed by atoms with Gasteiger partial charge in [0.2, 0.25) is 0 Å². The summed E-state index contributed by atoms with van der Waals surface area (Å²) in [4.78, 5) is 17.0. The normalized spacial score (nSPS) is 31.9. The summed E-state index contributed by atoms with van der Waals surface area (Å²) in [5.41, 5.74) is 1.02. The van der Waals surface area contributed by atoms with Gasteiger partial charge < -0.3 is 15.2 Å². The summed E-state index contributed by atoms with van der Waals surface area (Å²) >= 11 is 5.82. The van der Waals surface area contributed by atoms with Crippen LogP contribution in [0.15, 0.2) is 42.6 Å². The van der Waals surface area contributed by atoms with Crippen LogP contribution in [0.5, 0.6) is 5.75 Å². The lowest BCUT2D eigenvalue weighted by Gasteiger charge is -2.33. The summed E-state index contributed by atoms with van der Waals surface area (Å²) in [5, 5.41) is 14.6. The average Bonchev–Trinajstić information content (AvgIpc) is 2.92. The van der Waals surface area contributed by atoms with Crippen molar-refractivity contribution in [2.75, 3.05) is 0 Å². The van der Waals surface area contributed by atoms with Gasteiger partial charge in [0.05, 0.1) is 5.60 Å². The maximum atomic E-state index is 13.0. The van der Waals surface area contributed by atoms with Gasteiger partial charge in [-0.3, -0.25) is 4.79 Å². The van der Waals surface area contributed by atoms with E-state index in [4.69, 9.17) is 16.3 Å². The second-order valence-electron chi connectivity index (χ2n) is 9.33. The van der Waals surface area contributed by atoms with Crippen molar-refractivity contribution in [2.45, 2.75) is 56.8 Å². The largest absolute Gasteiger partial charge is 0.489 e. The van der Waals surface area contributed by atoms with Gasteiger partial charge in [0.15, 0.2) is 0 Å². The third-order valence-electron chi connectivity index (χ3n) is 7.18. The molecule has 0 saturated heterocycles. The third-order valence-corrected chi connectivity index (χ3v) is 7.40. The van der Waals surface area contributed by atoms with Gasteiger partial charge in [-0.2, -0.15) is 0 Å². The zero-order valence-corrected chi connectivity index (χ0v) is 17.6. The molecule has 5 rings (SSSR count). The summed E-state index contributed by atoms with van der Waals surface area (Å²) in [7, 11) is 0. The number of hydrogen-bond acceptors (Lipinski definition) is 4. The molecular formula is C24H27ClN2O3. The summed E-state index contributed by atoms with van der Waals surface area (Å²) in [6, 6.07) is 11.0. The Morgan fingerprint density at radius 2 is 2.13 bits per heavy atom. The first-order valence-electron chi connectivity index (χ1n) is 10.8. The number of benzene rings is 1. The number of hydrogen-bond donors (Lipinski definition) is 2. The summed E-state index contributed by atoms with van der Waals surface area (Å²) in [5.74, 6) is 2.13. The molecule has 0 aliphatic heterocycles. The molecule has 0 spiro atoms.